The summed E-state index contributed by atoms with van der Waals surface area (Å²) in [6.45, 7) is -4.86. The molecule has 16 heteroatoms. The molecule has 3 aliphatic rings. The molecular formula is C34H52O16. The number of ether oxygens (including phenoxy) is 4. The molecule has 6 atom stereocenters. The quantitative estimate of drug-likeness (QED) is 0.0812. The van der Waals surface area contributed by atoms with E-state index in [1.807, 2.05) is 0 Å². The number of carbonyl (C=O) groups is 6. The fraction of sp³-hybridized carbons (Fsp3) is 0.824. The zero-order chi connectivity index (χ0) is 36.9. The third-order valence-electron chi connectivity index (χ3n) is 10.5. The zero-order valence-corrected chi connectivity index (χ0v) is 28.4. The van der Waals surface area contributed by atoms with Crippen LogP contribution >= 0.6 is 0 Å². The van der Waals surface area contributed by atoms with Crippen LogP contribution in [0.1, 0.15) is 77.0 Å². The average Bonchev–Trinajstić information content (AvgIpc) is 3.13. The van der Waals surface area contributed by atoms with Gasteiger partial charge in [-0.25, -0.2) is 0 Å². The van der Waals surface area contributed by atoms with Crippen LogP contribution < -0.4 is 0 Å². The van der Waals surface area contributed by atoms with Crippen LogP contribution in [0.3, 0.4) is 0 Å². The predicted molar refractivity (Wildman–Crippen MR) is 169 cm³/mol. The van der Waals surface area contributed by atoms with Gasteiger partial charge < -0.3 is 49.6 Å². The number of aliphatic hydroxyl groups is 3. The summed E-state index contributed by atoms with van der Waals surface area (Å²) >= 11 is 0. The van der Waals surface area contributed by atoms with Crippen molar-refractivity contribution < 1.29 is 78.4 Å². The van der Waals surface area contributed by atoms with E-state index in [0.717, 1.165) is 0 Å². The van der Waals surface area contributed by atoms with Gasteiger partial charge in [0.25, 0.3) is 0 Å². The Bertz CT molecular complexity index is 1050. The van der Waals surface area contributed by atoms with Crippen molar-refractivity contribution in [3.63, 3.8) is 0 Å². The number of aliphatic carboxylic acids is 3. The topological polar surface area (TPSA) is 261 Å². The van der Waals surface area contributed by atoms with Gasteiger partial charge in [0, 0.05) is 0 Å². The second kappa shape index (κ2) is 19.3. The summed E-state index contributed by atoms with van der Waals surface area (Å²) in [4.78, 5) is 75.8. The number of hydrogen-bond acceptors (Lipinski definition) is 13. The highest BCUT2D eigenvalue weighted by Crippen LogP contribution is 2.35. The monoisotopic (exact) mass is 716 g/mol. The second-order valence-corrected chi connectivity index (χ2v) is 14.3. The first kappa shape index (κ1) is 41.1. The van der Waals surface area contributed by atoms with Gasteiger partial charge in [-0.2, -0.15) is 0 Å². The molecule has 0 heterocycles. The smallest absolute Gasteiger partial charge is 0.309 e. The highest BCUT2D eigenvalue weighted by molar-refractivity contribution is 5.83. The number of carboxylic acid groups (broad SMARTS) is 3. The maximum Gasteiger partial charge on any atom is 0.309 e. The van der Waals surface area contributed by atoms with Crippen molar-refractivity contribution in [1.29, 1.82) is 0 Å². The third kappa shape index (κ3) is 10.8. The van der Waals surface area contributed by atoms with Crippen molar-refractivity contribution in [3.05, 3.63) is 0 Å². The van der Waals surface area contributed by atoms with Crippen LogP contribution in [0.25, 0.3) is 0 Å². The molecule has 16 nitrogen and oxygen atoms in total. The highest BCUT2D eigenvalue weighted by atomic mass is 16.6. The largest absolute Gasteiger partial charge is 0.481 e. The van der Waals surface area contributed by atoms with Gasteiger partial charge in [0.05, 0.1) is 79.4 Å². The summed E-state index contributed by atoms with van der Waals surface area (Å²) in [5.41, 5.74) is -3.19. The number of esters is 3. The van der Waals surface area contributed by atoms with Crippen molar-refractivity contribution in [2.24, 2.45) is 46.3 Å². The molecule has 6 unspecified atom stereocenters. The lowest BCUT2D eigenvalue weighted by molar-refractivity contribution is -0.181. The Kier molecular flexibility index (Phi) is 15.9. The average molecular weight is 717 g/mol. The van der Waals surface area contributed by atoms with E-state index in [1.165, 1.54) is 0 Å². The maximum atomic E-state index is 13.4. The molecular weight excluding hydrogens is 664 g/mol. The molecule has 0 aromatic heterocycles. The first-order chi connectivity index (χ1) is 23.8. The van der Waals surface area contributed by atoms with E-state index in [2.05, 4.69) is 0 Å². The van der Waals surface area contributed by atoms with E-state index in [9.17, 15) is 59.4 Å². The number of rotatable bonds is 19. The van der Waals surface area contributed by atoms with Crippen LogP contribution in [0.5, 0.6) is 0 Å². The van der Waals surface area contributed by atoms with Crippen LogP contribution in [-0.2, 0) is 47.7 Å². The van der Waals surface area contributed by atoms with Gasteiger partial charge >= 0.3 is 35.8 Å². The second-order valence-electron chi connectivity index (χ2n) is 14.3. The zero-order valence-electron chi connectivity index (χ0n) is 28.4. The van der Waals surface area contributed by atoms with E-state index >= 15 is 0 Å². The molecule has 284 valence electrons. The lowest BCUT2D eigenvalue weighted by Crippen LogP contribution is -2.47. The van der Waals surface area contributed by atoms with E-state index in [-0.39, 0.29) is 38.5 Å². The molecule has 0 spiro atoms. The molecule has 0 saturated heterocycles. The minimum atomic E-state index is -1.69. The number of carboxylic acids is 3. The van der Waals surface area contributed by atoms with Crippen LogP contribution in [-0.4, -0.2) is 119 Å². The Morgan fingerprint density at radius 3 is 0.940 bits per heavy atom. The Labute approximate surface area is 290 Å². The number of hydrogen-bond donors (Lipinski definition) is 6. The molecule has 0 amide bonds. The summed E-state index contributed by atoms with van der Waals surface area (Å²) < 4.78 is 22.8. The summed E-state index contributed by atoms with van der Waals surface area (Å²) in [5, 5.41) is 58.6. The van der Waals surface area contributed by atoms with Crippen molar-refractivity contribution in [2.45, 2.75) is 77.0 Å². The van der Waals surface area contributed by atoms with Crippen molar-refractivity contribution in [3.8, 4) is 0 Å². The lowest BCUT2D eigenvalue weighted by Gasteiger charge is -2.36. The van der Waals surface area contributed by atoms with Crippen LogP contribution in [0.4, 0.5) is 0 Å². The Balaban J connectivity index is 1.92. The third-order valence-corrected chi connectivity index (χ3v) is 10.5. The minimum absolute atomic E-state index is 0.256. The van der Waals surface area contributed by atoms with Crippen molar-refractivity contribution in [1.82, 2.24) is 0 Å². The Morgan fingerprint density at radius 2 is 0.680 bits per heavy atom. The summed E-state index contributed by atoms with van der Waals surface area (Å²) in [7, 11) is 0. The first-order valence-corrected chi connectivity index (χ1v) is 17.4. The van der Waals surface area contributed by atoms with Crippen LogP contribution in [0.15, 0.2) is 0 Å². The van der Waals surface area contributed by atoms with Gasteiger partial charge in [-0.1, -0.05) is 38.5 Å². The lowest BCUT2D eigenvalue weighted by atomic mass is 9.79. The molecule has 0 aromatic carbocycles. The van der Waals surface area contributed by atoms with Crippen LogP contribution in [0, 0.1) is 46.3 Å². The molecule has 3 fully saturated rings. The summed E-state index contributed by atoms with van der Waals surface area (Å²) in [6.07, 6.45) is 5.19. The molecule has 3 aliphatic carbocycles. The fourth-order valence-electron chi connectivity index (χ4n) is 7.14. The molecule has 3 rings (SSSR count). The van der Waals surface area contributed by atoms with Crippen LogP contribution in [0.2, 0.25) is 0 Å². The summed E-state index contributed by atoms with van der Waals surface area (Å²) in [5.74, 6) is -11.9. The molecule has 50 heavy (non-hydrogen) atoms. The number of aliphatic hydroxyl groups excluding tert-OH is 3. The van der Waals surface area contributed by atoms with Gasteiger partial charge in [0.1, 0.15) is 19.8 Å². The molecule has 0 aromatic rings. The highest BCUT2D eigenvalue weighted by Gasteiger charge is 2.44. The van der Waals surface area contributed by atoms with Gasteiger partial charge in [-0.05, 0) is 38.5 Å². The standard InChI is InChI=1S/C34H52O16/c35-13-33(14-36,15-37)16-47-17-34(18-48-30(44)24-10-4-1-7-21(24)27(38)39,19-49-31(45)25-11-5-2-8-22(25)28(40)41)20-50-32(46)26-12-6-3-9-23(26)29(42)43/h21-26,35-37H,1-20H2,(H,38,39)(H,40,41)(H,42,43). The molecule has 0 radical (unpaired) electrons. The van der Waals surface area contributed by atoms with Crippen molar-refractivity contribution in [2.75, 3.05) is 52.9 Å². The molecule has 0 aliphatic heterocycles. The molecule has 6 N–H and O–H groups in total. The number of carbonyl (C=O) groups excluding carboxylic acids is 3. The molecule has 0 bridgehead atoms. The minimum Gasteiger partial charge on any atom is -0.481 e. The Hall–Kier alpha value is -3.34. The fourth-order valence-corrected chi connectivity index (χ4v) is 7.14. The van der Waals surface area contributed by atoms with E-state index in [0.29, 0.717) is 38.5 Å². The molecule has 3 saturated carbocycles. The van der Waals surface area contributed by atoms with E-state index in [4.69, 9.17) is 18.9 Å². The van der Waals surface area contributed by atoms with E-state index < -0.39 is 135 Å². The first-order valence-electron chi connectivity index (χ1n) is 17.4. The van der Waals surface area contributed by atoms with E-state index in [1.54, 1.807) is 0 Å². The van der Waals surface area contributed by atoms with Gasteiger partial charge in [0.15, 0.2) is 0 Å². The van der Waals surface area contributed by atoms with Crippen molar-refractivity contribution >= 4 is 35.8 Å². The maximum absolute atomic E-state index is 13.4. The predicted octanol–water partition coefficient (Wildman–Crippen LogP) is 1.26. The Morgan fingerprint density at radius 1 is 0.420 bits per heavy atom. The normalized spacial score (nSPS) is 26.9. The van der Waals surface area contributed by atoms with Gasteiger partial charge in [0.2, 0.25) is 0 Å². The van der Waals surface area contributed by atoms with Gasteiger partial charge in [-0.15, -0.1) is 0 Å². The van der Waals surface area contributed by atoms with Gasteiger partial charge in [-0.3, -0.25) is 28.8 Å². The SMILES string of the molecule is O=C(O)C1CCCCC1C(=O)OCC(COCC(CO)(CO)CO)(COC(=O)C1CCCCC1C(=O)O)COC(=O)C1CCCCC1C(=O)O. The summed E-state index contributed by atoms with van der Waals surface area (Å²) in [6, 6.07) is 0.